The van der Waals surface area contributed by atoms with Crippen molar-refractivity contribution in [2.24, 2.45) is 5.92 Å². The van der Waals surface area contributed by atoms with Gasteiger partial charge in [0.05, 0.1) is 0 Å². The van der Waals surface area contributed by atoms with E-state index < -0.39 is 48.9 Å². The van der Waals surface area contributed by atoms with Crippen LogP contribution in [0.4, 0.5) is 48.3 Å². The summed E-state index contributed by atoms with van der Waals surface area (Å²) in [5.41, 5.74) is 0. The summed E-state index contributed by atoms with van der Waals surface area (Å²) < 4.78 is 147. The molecule has 0 saturated carbocycles. The van der Waals surface area contributed by atoms with E-state index in [9.17, 15) is 48.3 Å². The zero-order valence-electron chi connectivity index (χ0n) is 12.3. The molecule has 0 aromatic carbocycles. The maximum absolute atomic E-state index is 13.7. The largest absolute Gasteiger partial charge is 0.457 e. The number of ether oxygens (including phenoxy) is 2. The normalized spacial score (nSPS) is 18.6. The Hall–Kier alpha value is -0.850. The van der Waals surface area contributed by atoms with Crippen LogP contribution in [0.25, 0.3) is 0 Å². The molecule has 0 aromatic rings. The quantitative estimate of drug-likeness (QED) is 0.568. The van der Waals surface area contributed by atoms with E-state index in [1.165, 1.54) is 0 Å². The molecule has 0 spiro atoms. The van der Waals surface area contributed by atoms with Gasteiger partial charge in [-0.25, -0.2) is 8.78 Å². The molecular weight excluding hydrogens is 373 g/mol. The molecule has 0 fully saturated rings. The molecule has 13 heteroatoms. The third-order valence-electron chi connectivity index (χ3n) is 2.47. The Morgan fingerprint density at radius 1 is 0.792 bits per heavy atom. The summed E-state index contributed by atoms with van der Waals surface area (Å²) in [5, 5.41) is 0. The van der Waals surface area contributed by atoms with E-state index in [4.69, 9.17) is 0 Å². The predicted octanol–water partition coefficient (Wildman–Crippen LogP) is 5.08. The van der Waals surface area contributed by atoms with Gasteiger partial charge in [-0.2, -0.15) is 39.5 Å². The molecule has 2 atom stereocenters. The summed E-state index contributed by atoms with van der Waals surface area (Å²) in [5.74, 6) is -12.2. The highest BCUT2D eigenvalue weighted by molar-refractivity contribution is 4.89. The Balaban J connectivity index is 5.75. The lowest BCUT2D eigenvalue weighted by Crippen LogP contribution is -2.61. The molecule has 0 aliphatic carbocycles. The van der Waals surface area contributed by atoms with Crippen LogP contribution in [0.2, 0.25) is 0 Å². The highest BCUT2D eigenvalue weighted by Crippen LogP contribution is 2.49. The summed E-state index contributed by atoms with van der Waals surface area (Å²) in [6.07, 6.45) is -22.0. The van der Waals surface area contributed by atoms with Crippen molar-refractivity contribution < 1.29 is 57.8 Å². The lowest BCUT2D eigenvalue weighted by Gasteiger charge is -2.37. The molecular formula is C11H13F11O2. The molecule has 0 rings (SSSR count). The fourth-order valence-corrected chi connectivity index (χ4v) is 1.37. The first kappa shape index (κ1) is 23.1. The van der Waals surface area contributed by atoms with Crippen LogP contribution in [0.1, 0.15) is 20.8 Å². The van der Waals surface area contributed by atoms with E-state index in [-0.39, 0.29) is 6.92 Å². The summed E-state index contributed by atoms with van der Waals surface area (Å²) in [7, 11) is 0. The minimum absolute atomic E-state index is 0.0740. The lowest BCUT2D eigenvalue weighted by molar-refractivity contribution is -0.479. The Morgan fingerprint density at radius 3 is 1.46 bits per heavy atom. The highest BCUT2D eigenvalue weighted by Gasteiger charge is 2.76. The Kier molecular flexibility index (Phi) is 6.57. The molecule has 0 aromatic heterocycles. The van der Waals surface area contributed by atoms with E-state index in [0.717, 1.165) is 0 Å². The van der Waals surface area contributed by atoms with E-state index in [1.807, 2.05) is 0 Å². The van der Waals surface area contributed by atoms with Gasteiger partial charge >= 0.3 is 24.3 Å². The first-order valence-corrected chi connectivity index (χ1v) is 6.14. The zero-order chi connectivity index (χ0) is 19.8. The van der Waals surface area contributed by atoms with Crippen molar-refractivity contribution in [2.75, 3.05) is 6.61 Å². The second-order valence-corrected chi connectivity index (χ2v) is 5.29. The number of hydrogen-bond acceptors (Lipinski definition) is 2. The standard InChI is InChI=1S/C11H13F11O2/c1-5(2)6(8(14,15)16)24-11(21,22)9(17,10(18,19)20)23-4-7(3,12)13/h5-6H,4H2,1-3H3. The Morgan fingerprint density at radius 2 is 1.21 bits per heavy atom. The van der Waals surface area contributed by atoms with Crippen LogP contribution in [0.5, 0.6) is 0 Å². The van der Waals surface area contributed by atoms with Crippen molar-refractivity contribution in [3.8, 4) is 0 Å². The van der Waals surface area contributed by atoms with Crippen LogP contribution in [-0.4, -0.2) is 42.9 Å². The lowest BCUT2D eigenvalue weighted by atomic mass is 10.1. The minimum Gasteiger partial charge on any atom is -0.326 e. The van der Waals surface area contributed by atoms with Gasteiger partial charge in [0.1, 0.15) is 6.61 Å². The highest BCUT2D eigenvalue weighted by atomic mass is 19.4. The number of alkyl halides is 11. The van der Waals surface area contributed by atoms with Gasteiger partial charge in [-0.05, 0) is 5.92 Å². The van der Waals surface area contributed by atoms with Crippen LogP contribution < -0.4 is 0 Å². The Bertz CT molecular complexity index is 410. The molecule has 2 unspecified atom stereocenters. The van der Waals surface area contributed by atoms with Gasteiger partial charge < -0.3 is 9.47 Å². The second kappa shape index (κ2) is 6.81. The molecule has 0 saturated heterocycles. The maximum atomic E-state index is 13.7. The van der Waals surface area contributed by atoms with Gasteiger partial charge in [-0.3, -0.25) is 0 Å². The third-order valence-corrected chi connectivity index (χ3v) is 2.47. The zero-order valence-corrected chi connectivity index (χ0v) is 12.3. The molecule has 146 valence electrons. The monoisotopic (exact) mass is 386 g/mol. The van der Waals surface area contributed by atoms with Gasteiger partial charge in [0, 0.05) is 6.92 Å². The van der Waals surface area contributed by atoms with Crippen molar-refractivity contribution in [3.63, 3.8) is 0 Å². The second-order valence-electron chi connectivity index (χ2n) is 5.29. The molecule has 0 aliphatic heterocycles. The summed E-state index contributed by atoms with van der Waals surface area (Å²) >= 11 is 0. The van der Waals surface area contributed by atoms with Crippen molar-refractivity contribution in [2.45, 2.75) is 57.1 Å². The van der Waals surface area contributed by atoms with Crippen molar-refractivity contribution in [1.29, 1.82) is 0 Å². The minimum atomic E-state index is -6.66. The van der Waals surface area contributed by atoms with E-state index in [2.05, 4.69) is 9.47 Å². The smallest absolute Gasteiger partial charge is 0.326 e. The third kappa shape index (κ3) is 5.60. The van der Waals surface area contributed by atoms with Gasteiger partial charge in [0.2, 0.25) is 0 Å². The van der Waals surface area contributed by atoms with Gasteiger partial charge in [-0.1, -0.05) is 13.8 Å². The molecule has 0 heterocycles. The van der Waals surface area contributed by atoms with E-state index >= 15 is 0 Å². The van der Waals surface area contributed by atoms with Gasteiger partial charge in [0.15, 0.2) is 6.10 Å². The van der Waals surface area contributed by atoms with Crippen LogP contribution in [0.15, 0.2) is 0 Å². The first-order valence-electron chi connectivity index (χ1n) is 6.14. The molecule has 0 aliphatic rings. The first-order chi connectivity index (χ1) is 10.2. The van der Waals surface area contributed by atoms with Crippen LogP contribution >= 0.6 is 0 Å². The molecule has 2 nitrogen and oxygen atoms in total. The summed E-state index contributed by atoms with van der Waals surface area (Å²) in [6.45, 7) is -1.21. The average molecular weight is 386 g/mol. The predicted molar refractivity (Wildman–Crippen MR) is 57.2 cm³/mol. The van der Waals surface area contributed by atoms with E-state index in [1.54, 1.807) is 0 Å². The van der Waals surface area contributed by atoms with Crippen molar-refractivity contribution in [3.05, 3.63) is 0 Å². The van der Waals surface area contributed by atoms with E-state index in [0.29, 0.717) is 13.8 Å². The van der Waals surface area contributed by atoms with Gasteiger partial charge in [-0.15, -0.1) is 0 Å². The topological polar surface area (TPSA) is 18.5 Å². The Labute approximate surface area is 128 Å². The molecule has 24 heavy (non-hydrogen) atoms. The molecule has 0 amide bonds. The van der Waals surface area contributed by atoms with Gasteiger partial charge in [0.25, 0.3) is 5.92 Å². The van der Waals surface area contributed by atoms with Crippen LogP contribution in [0, 0.1) is 5.92 Å². The fraction of sp³-hybridized carbons (Fsp3) is 1.00. The number of halogens is 11. The van der Waals surface area contributed by atoms with Crippen LogP contribution in [0.3, 0.4) is 0 Å². The van der Waals surface area contributed by atoms with Crippen molar-refractivity contribution >= 4 is 0 Å². The molecule has 0 bridgehead atoms. The van der Waals surface area contributed by atoms with Crippen molar-refractivity contribution in [1.82, 2.24) is 0 Å². The molecule has 0 radical (unpaired) electrons. The van der Waals surface area contributed by atoms with Crippen LogP contribution in [-0.2, 0) is 9.47 Å². The summed E-state index contributed by atoms with van der Waals surface area (Å²) in [6, 6.07) is 0. The SMILES string of the molecule is CC(C)C(OC(F)(F)C(F)(OCC(C)(F)F)C(F)(F)F)C(F)(F)F. The fourth-order valence-electron chi connectivity index (χ4n) is 1.37. The number of rotatable bonds is 7. The number of hydrogen-bond donors (Lipinski definition) is 0. The maximum Gasteiger partial charge on any atom is 0.457 e. The molecule has 0 N–H and O–H groups in total. The summed E-state index contributed by atoms with van der Waals surface area (Å²) in [4.78, 5) is 0. The average Bonchev–Trinajstić information content (AvgIpc) is 2.28.